The Hall–Kier alpha value is -1.57. The van der Waals surface area contributed by atoms with Crippen LogP contribution >= 0.6 is 24.2 Å². The van der Waals surface area contributed by atoms with Gasteiger partial charge in [-0.05, 0) is 24.3 Å². The van der Waals surface area contributed by atoms with Gasteiger partial charge >= 0.3 is 0 Å². The predicted molar refractivity (Wildman–Crippen MR) is 81.9 cm³/mol. The Labute approximate surface area is 126 Å². The Morgan fingerprint density at radius 1 is 1.35 bits per heavy atom. The molecule has 1 aromatic heterocycles. The van der Waals surface area contributed by atoms with Crippen LogP contribution in [0.2, 0.25) is 0 Å². The smallest absolute Gasteiger partial charge is 0.242 e. The van der Waals surface area contributed by atoms with Crippen LogP contribution in [0, 0.1) is 0 Å². The van der Waals surface area contributed by atoms with E-state index in [2.05, 4.69) is 25.8 Å². The third kappa shape index (κ3) is 3.30. The van der Waals surface area contributed by atoms with Crippen molar-refractivity contribution in [2.24, 2.45) is 0 Å². The van der Waals surface area contributed by atoms with Crippen molar-refractivity contribution in [1.82, 2.24) is 20.5 Å². The number of nitrogens with one attached hydrogen (secondary N) is 3. The quantitative estimate of drug-likeness (QED) is 0.800. The van der Waals surface area contributed by atoms with Gasteiger partial charge in [0.15, 0.2) is 5.82 Å². The van der Waals surface area contributed by atoms with Crippen molar-refractivity contribution in [3.8, 4) is 11.4 Å². The lowest BCUT2D eigenvalue weighted by Gasteiger charge is -2.10. The van der Waals surface area contributed by atoms with Gasteiger partial charge in [0, 0.05) is 22.9 Å². The average Bonchev–Trinajstić information content (AvgIpc) is 3.13. The molecule has 1 unspecified atom stereocenters. The monoisotopic (exact) mass is 311 g/mol. The number of benzene rings is 1. The molecule has 0 radical (unpaired) electrons. The molecule has 1 aliphatic rings. The number of rotatable bonds is 3. The molecule has 0 aliphatic carbocycles. The van der Waals surface area contributed by atoms with Gasteiger partial charge in [0.2, 0.25) is 5.91 Å². The maximum Gasteiger partial charge on any atom is 0.242 e. The third-order valence-electron chi connectivity index (χ3n) is 2.87. The van der Waals surface area contributed by atoms with Gasteiger partial charge in [0.25, 0.3) is 0 Å². The maximum atomic E-state index is 11.9. The number of aromatic amines is 1. The Morgan fingerprint density at radius 3 is 2.75 bits per heavy atom. The zero-order valence-electron chi connectivity index (χ0n) is 10.5. The van der Waals surface area contributed by atoms with Gasteiger partial charge in [-0.3, -0.25) is 15.2 Å². The van der Waals surface area contributed by atoms with Crippen LogP contribution in [0.1, 0.15) is 0 Å². The third-order valence-corrected chi connectivity index (χ3v) is 3.81. The molecule has 1 aromatic carbocycles. The van der Waals surface area contributed by atoms with Crippen molar-refractivity contribution in [1.29, 1.82) is 0 Å². The number of halogens is 1. The Bertz CT molecular complexity index is 554. The second kappa shape index (κ2) is 6.74. The maximum absolute atomic E-state index is 11.9. The topological polar surface area (TPSA) is 82.7 Å². The van der Waals surface area contributed by atoms with Crippen LogP contribution in [0.5, 0.6) is 0 Å². The van der Waals surface area contributed by atoms with Gasteiger partial charge < -0.3 is 5.32 Å². The first-order valence-corrected chi connectivity index (χ1v) is 7.06. The van der Waals surface area contributed by atoms with E-state index in [1.807, 2.05) is 24.3 Å². The molecule has 3 rings (SSSR count). The molecule has 2 heterocycles. The SMILES string of the molecule is Cl.O=C(Nc1ccc(-c2ncn[nH]2)cc1)C1CSCN1. The standard InChI is InChI=1S/C12H13N5OS.ClH/c18-12(10-5-19-7-14-10)16-9-3-1-8(2-4-9)11-13-6-15-17-11;/h1-4,6,10,14H,5,7H2,(H,16,18)(H,13,15,17);1H. The molecule has 1 fully saturated rings. The number of carbonyl (C=O) groups excluding carboxylic acids is 1. The summed E-state index contributed by atoms with van der Waals surface area (Å²) in [6.07, 6.45) is 1.47. The van der Waals surface area contributed by atoms with E-state index in [-0.39, 0.29) is 24.4 Å². The molecule has 0 bridgehead atoms. The number of carbonyl (C=O) groups is 1. The summed E-state index contributed by atoms with van der Waals surface area (Å²) in [5.41, 5.74) is 1.72. The number of H-pyrrole nitrogens is 1. The number of thioether (sulfide) groups is 1. The lowest BCUT2D eigenvalue weighted by atomic mass is 10.2. The van der Waals surface area contributed by atoms with E-state index in [0.717, 1.165) is 22.9 Å². The molecule has 1 saturated heterocycles. The van der Waals surface area contributed by atoms with E-state index in [0.29, 0.717) is 5.82 Å². The van der Waals surface area contributed by atoms with Crippen molar-refractivity contribution in [3.63, 3.8) is 0 Å². The molecule has 1 amide bonds. The average molecular weight is 312 g/mol. The zero-order valence-corrected chi connectivity index (χ0v) is 12.1. The van der Waals surface area contributed by atoms with Crippen molar-refractivity contribution >= 4 is 35.8 Å². The summed E-state index contributed by atoms with van der Waals surface area (Å²) in [5, 5.41) is 12.6. The fourth-order valence-electron chi connectivity index (χ4n) is 1.85. The molecular weight excluding hydrogens is 298 g/mol. The molecule has 0 saturated carbocycles. The second-order valence-corrected chi connectivity index (χ2v) is 5.20. The molecule has 8 heteroatoms. The highest BCUT2D eigenvalue weighted by molar-refractivity contribution is 7.99. The molecule has 20 heavy (non-hydrogen) atoms. The number of nitrogens with zero attached hydrogens (tertiary/aromatic N) is 2. The van der Waals surface area contributed by atoms with Crippen LogP contribution in [-0.2, 0) is 4.79 Å². The van der Waals surface area contributed by atoms with E-state index < -0.39 is 0 Å². The summed E-state index contributed by atoms with van der Waals surface area (Å²) in [6.45, 7) is 0. The van der Waals surface area contributed by atoms with Crippen LogP contribution < -0.4 is 10.6 Å². The molecule has 1 aliphatic heterocycles. The summed E-state index contributed by atoms with van der Waals surface area (Å²) in [7, 11) is 0. The molecule has 2 aromatic rings. The summed E-state index contributed by atoms with van der Waals surface area (Å²) in [5.74, 6) is 2.38. The Morgan fingerprint density at radius 2 is 2.15 bits per heavy atom. The fourth-order valence-corrected chi connectivity index (χ4v) is 2.79. The van der Waals surface area contributed by atoms with E-state index in [1.54, 1.807) is 11.8 Å². The van der Waals surface area contributed by atoms with Crippen LogP contribution in [0.15, 0.2) is 30.6 Å². The second-order valence-electron chi connectivity index (χ2n) is 4.17. The number of anilines is 1. The van der Waals surface area contributed by atoms with Crippen LogP contribution in [0.4, 0.5) is 5.69 Å². The number of hydrogen-bond acceptors (Lipinski definition) is 5. The summed E-state index contributed by atoms with van der Waals surface area (Å²) >= 11 is 1.73. The zero-order chi connectivity index (χ0) is 13.1. The highest BCUT2D eigenvalue weighted by Crippen LogP contribution is 2.18. The van der Waals surface area contributed by atoms with E-state index in [1.165, 1.54) is 6.33 Å². The van der Waals surface area contributed by atoms with E-state index >= 15 is 0 Å². The predicted octanol–water partition coefficient (Wildman–Crippen LogP) is 1.49. The van der Waals surface area contributed by atoms with Gasteiger partial charge in [0.05, 0.1) is 6.04 Å². The Balaban J connectivity index is 0.00000147. The van der Waals surface area contributed by atoms with Crippen molar-refractivity contribution < 1.29 is 4.79 Å². The largest absolute Gasteiger partial charge is 0.325 e. The summed E-state index contributed by atoms with van der Waals surface area (Å²) in [4.78, 5) is 16.0. The minimum Gasteiger partial charge on any atom is -0.325 e. The van der Waals surface area contributed by atoms with Crippen LogP contribution in [0.3, 0.4) is 0 Å². The van der Waals surface area contributed by atoms with Crippen LogP contribution in [0.25, 0.3) is 11.4 Å². The molecule has 3 N–H and O–H groups in total. The highest BCUT2D eigenvalue weighted by Gasteiger charge is 2.22. The number of aromatic nitrogens is 3. The first-order valence-electron chi connectivity index (χ1n) is 5.91. The van der Waals surface area contributed by atoms with Gasteiger partial charge in [0.1, 0.15) is 6.33 Å². The highest BCUT2D eigenvalue weighted by atomic mass is 35.5. The van der Waals surface area contributed by atoms with Crippen molar-refractivity contribution in [3.05, 3.63) is 30.6 Å². The van der Waals surface area contributed by atoms with E-state index in [4.69, 9.17) is 0 Å². The molecule has 1 atom stereocenters. The van der Waals surface area contributed by atoms with Crippen molar-refractivity contribution in [2.75, 3.05) is 16.9 Å². The van der Waals surface area contributed by atoms with Gasteiger partial charge in [-0.2, -0.15) is 5.10 Å². The normalized spacial score (nSPS) is 17.5. The first kappa shape index (κ1) is 14.8. The van der Waals surface area contributed by atoms with Crippen LogP contribution in [-0.4, -0.2) is 38.8 Å². The molecular formula is C12H14ClN5OS. The first-order chi connectivity index (χ1) is 9.33. The number of hydrogen-bond donors (Lipinski definition) is 3. The Kier molecular flexibility index (Phi) is 4.99. The number of amides is 1. The van der Waals surface area contributed by atoms with Gasteiger partial charge in [-0.15, -0.1) is 24.2 Å². The van der Waals surface area contributed by atoms with Crippen molar-refractivity contribution in [2.45, 2.75) is 6.04 Å². The molecule has 106 valence electrons. The summed E-state index contributed by atoms with van der Waals surface area (Å²) in [6, 6.07) is 7.41. The van der Waals surface area contributed by atoms with E-state index in [9.17, 15) is 4.79 Å². The fraction of sp³-hybridized carbons (Fsp3) is 0.250. The molecule has 6 nitrogen and oxygen atoms in total. The van der Waals surface area contributed by atoms with Gasteiger partial charge in [-0.1, -0.05) is 0 Å². The minimum absolute atomic E-state index is 0. The summed E-state index contributed by atoms with van der Waals surface area (Å²) < 4.78 is 0. The molecule has 0 spiro atoms. The lowest BCUT2D eigenvalue weighted by Crippen LogP contribution is -2.37. The van der Waals surface area contributed by atoms with Gasteiger partial charge in [-0.25, -0.2) is 4.98 Å². The minimum atomic E-state index is -0.0982. The lowest BCUT2D eigenvalue weighted by molar-refractivity contribution is -0.117.